The minimum absolute atomic E-state index is 0.0242. The SMILES string of the molecule is C=CC(=O)N1CCC[C@@H](n2nc(-c3ccc(Oc4ccccc4)cc3)c(C(=C)N)c2N=CC)C1. The molecule has 0 radical (unpaired) electrons. The van der Waals surface area contributed by atoms with Gasteiger partial charge in [-0.1, -0.05) is 31.4 Å². The molecule has 2 N–H and O–H groups in total. The summed E-state index contributed by atoms with van der Waals surface area (Å²) in [6, 6.07) is 17.3. The Balaban J connectivity index is 1.71. The van der Waals surface area contributed by atoms with Crippen LogP contribution in [0.4, 0.5) is 5.82 Å². The van der Waals surface area contributed by atoms with E-state index in [4.69, 9.17) is 15.6 Å². The Morgan fingerprint density at radius 3 is 2.53 bits per heavy atom. The molecule has 7 heteroatoms. The second-order valence-corrected chi connectivity index (χ2v) is 8.13. The molecule has 1 saturated heterocycles. The first-order chi connectivity index (χ1) is 16.5. The topological polar surface area (TPSA) is 85.7 Å². The number of piperidine rings is 1. The molecule has 0 aliphatic carbocycles. The first kappa shape index (κ1) is 23.0. The van der Waals surface area contributed by atoms with E-state index in [2.05, 4.69) is 18.2 Å². The summed E-state index contributed by atoms with van der Waals surface area (Å²) < 4.78 is 7.81. The molecule has 1 aromatic heterocycles. The van der Waals surface area contributed by atoms with E-state index < -0.39 is 0 Å². The highest BCUT2D eigenvalue weighted by Gasteiger charge is 2.29. The van der Waals surface area contributed by atoms with Gasteiger partial charge in [-0.2, -0.15) is 5.10 Å². The summed E-state index contributed by atoms with van der Waals surface area (Å²) in [5.41, 5.74) is 8.90. The number of carbonyl (C=O) groups is 1. The zero-order valence-corrected chi connectivity index (χ0v) is 19.4. The van der Waals surface area contributed by atoms with Crippen molar-refractivity contribution in [3.05, 3.63) is 79.4 Å². The van der Waals surface area contributed by atoms with Crippen molar-refractivity contribution in [1.29, 1.82) is 0 Å². The van der Waals surface area contributed by atoms with E-state index >= 15 is 0 Å². The fourth-order valence-electron chi connectivity index (χ4n) is 4.21. The standard InChI is InChI=1S/C27H29N5O2/c1-4-24(33)31-17-9-10-21(18-31)32-27(29-5-2)25(19(3)28)26(30-32)20-13-15-23(16-14-20)34-22-11-7-6-8-12-22/h4-8,11-16,21H,1,3,9-10,17-18,28H2,2H3/t21-/m1/s1. The molecule has 1 amide bonds. The van der Waals surface area contributed by atoms with Crippen molar-refractivity contribution < 1.29 is 9.53 Å². The van der Waals surface area contributed by atoms with Gasteiger partial charge in [0.05, 0.1) is 11.6 Å². The molecule has 1 fully saturated rings. The van der Waals surface area contributed by atoms with Gasteiger partial charge in [-0.3, -0.25) is 4.79 Å². The van der Waals surface area contributed by atoms with E-state index in [1.165, 1.54) is 6.08 Å². The van der Waals surface area contributed by atoms with Crippen molar-refractivity contribution in [2.75, 3.05) is 13.1 Å². The highest BCUT2D eigenvalue weighted by Crippen LogP contribution is 2.38. The minimum Gasteiger partial charge on any atom is -0.457 e. The van der Waals surface area contributed by atoms with Gasteiger partial charge in [0.2, 0.25) is 5.91 Å². The molecule has 0 saturated carbocycles. The highest BCUT2D eigenvalue weighted by molar-refractivity contribution is 5.87. The smallest absolute Gasteiger partial charge is 0.246 e. The molecule has 0 unspecified atom stereocenters. The summed E-state index contributed by atoms with van der Waals surface area (Å²) in [4.78, 5) is 18.6. The molecule has 2 aromatic carbocycles. The van der Waals surface area contributed by atoms with Gasteiger partial charge in [-0.15, -0.1) is 0 Å². The Labute approximate surface area is 199 Å². The molecule has 1 aliphatic heterocycles. The summed E-state index contributed by atoms with van der Waals surface area (Å²) in [6.45, 7) is 10.7. The zero-order valence-electron chi connectivity index (χ0n) is 19.4. The average Bonchev–Trinajstić information content (AvgIpc) is 3.24. The number of hydrogen-bond acceptors (Lipinski definition) is 5. The maximum atomic E-state index is 12.2. The quantitative estimate of drug-likeness (QED) is 0.385. The number of benzene rings is 2. The van der Waals surface area contributed by atoms with Gasteiger partial charge in [-0.25, -0.2) is 9.67 Å². The number of carbonyl (C=O) groups excluding carboxylic acids is 1. The third kappa shape index (κ3) is 4.78. The number of hydrogen-bond donors (Lipinski definition) is 1. The van der Waals surface area contributed by atoms with Crippen LogP contribution >= 0.6 is 0 Å². The van der Waals surface area contributed by atoms with Crippen LogP contribution in [-0.2, 0) is 4.79 Å². The van der Waals surface area contributed by atoms with Crippen LogP contribution in [0.25, 0.3) is 17.0 Å². The first-order valence-electron chi connectivity index (χ1n) is 11.3. The molecular formula is C27H29N5O2. The first-order valence-corrected chi connectivity index (χ1v) is 11.3. The lowest BCUT2D eigenvalue weighted by Gasteiger charge is -2.32. The van der Waals surface area contributed by atoms with E-state index in [9.17, 15) is 4.79 Å². The molecule has 0 spiro atoms. The van der Waals surface area contributed by atoms with Crippen molar-refractivity contribution in [2.45, 2.75) is 25.8 Å². The summed E-state index contributed by atoms with van der Waals surface area (Å²) in [5, 5.41) is 4.93. The van der Waals surface area contributed by atoms with Gasteiger partial charge in [0, 0.05) is 30.6 Å². The number of aliphatic imine (C=N–C) groups is 1. The normalized spacial score (nSPS) is 15.9. The maximum Gasteiger partial charge on any atom is 0.246 e. The molecule has 174 valence electrons. The van der Waals surface area contributed by atoms with Crippen molar-refractivity contribution in [3.8, 4) is 22.8 Å². The molecule has 4 rings (SSSR count). The molecule has 2 heterocycles. The molecule has 7 nitrogen and oxygen atoms in total. The lowest BCUT2D eigenvalue weighted by Crippen LogP contribution is -2.40. The fourth-order valence-corrected chi connectivity index (χ4v) is 4.21. The van der Waals surface area contributed by atoms with Crippen LogP contribution in [0.5, 0.6) is 11.5 Å². The van der Waals surface area contributed by atoms with Crippen molar-refractivity contribution in [3.63, 3.8) is 0 Å². The number of nitrogens with two attached hydrogens (primary N) is 1. The monoisotopic (exact) mass is 455 g/mol. The predicted molar refractivity (Wildman–Crippen MR) is 136 cm³/mol. The molecule has 1 aliphatic rings. The number of para-hydroxylation sites is 1. The largest absolute Gasteiger partial charge is 0.457 e. The number of ether oxygens (including phenoxy) is 1. The van der Waals surface area contributed by atoms with Crippen molar-refractivity contribution >= 4 is 23.6 Å². The number of rotatable bonds is 7. The number of aromatic nitrogens is 2. The van der Waals surface area contributed by atoms with E-state index in [1.807, 2.05) is 66.2 Å². The Hall–Kier alpha value is -4.13. The van der Waals surface area contributed by atoms with E-state index in [0.29, 0.717) is 35.9 Å². The van der Waals surface area contributed by atoms with Gasteiger partial charge in [-0.05, 0) is 62.2 Å². The Morgan fingerprint density at radius 2 is 1.88 bits per heavy atom. The van der Waals surface area contributed by atoms with Gasteiger partial charge in [0.1, 0.15) is 17.2 Å². The van der Waals surface area contributed by atoms with Gasteiger partial charge in [0.25, 0.3) is 0 Å². The zero-order chi connectivity index (χ0) is 24.1. The Morgan fingerprint density at radius 1 is 1.18 bits per heavy atom. The Bertz CT molecular complexity index is 1210. The van der Waals surface area contributed by atoms with Gasteiger partial charge < -0.3 is 15.4 Å². The van der Waals surface area contributed by atoms with Crippen molar-refractivity contribution in [2.24, 2.45) is 10.7 Å². The maximum absolute atomic E-state index is 12.2. The molecule has 34 heavy (non-hydrogen) atoms. The van der Waals surface area contributed by atoms with Crippen LogP contribution in [0.15, 0.2) is 78.8 Å². The van der Waals surface area contributed by atoms with Crippen LogP contribution in [0.2, 0.25) is 0 Å². The number of nitrogens with zero attached hydrogens (tertiary/aromatic N) is 4. The third-order valence-electron chi connectivity index (χ3n) is 5.79. The van der Waals surface area contributed by atoms with Crippen LogP contribution in [0, 0.1) is 0 Å². The lowest BCUT2D eigenvalue weighted by molar-refractivity contribution is -0.127. The molecule has 3 aromatic rings. The summed E-state index contributed by atoms with van der Waals surface area (Å²) >= 11 is 0. The van der Waals surface area contributed by atoms with E-state index in [1.54, 1.807) is 11.1 Å². The third-order valence-corrected chi connectivity index (χ3v) is 5.79. The van der Waals surface area contributed by atoms with Crippen LogP contribution in [0.3, 0.4) is 0 Å². The highest BCUT2D eigenvalue weighted by atomic mass is 16.5. The number of likely N-dealkylation sites (tertiary alicyclic amines) is 1. The second kappa shape index (κ2) is 10.2. The number of amides is 1. The Kier molecular flexibility index (Phi) is 6.92. The second-order valence-electron chi connectivity index (χ2n) is 8.13. The van der Waals surface area contributed by atoms with E-state index in [-0.39, 0.29) is 11.9 Å². The fraction of sp³-hybridized carbons (Fsp3) is 0.222. The molecule has 0 bridgehead atoms. The van der Waals surface area contributed by atoms with Crippen LogP contribution in [-0.4, -0.2) is 39.9 Å². The average molecular weight is 456 g/mol. The summed E-state index contributed by atoms with van der Waals surface area (Å²) in [6.07, 6.45) is 4.83. The lowest BCUT2D eigenvalue weighted by atomic mass is 10.0. The molecule has 1 atom stereocenters. The summed E-state index contributed by atoms with van der Waals surface area (Å²) in [5.74, 6) is 2.06. The summed E-state index contributed by atoms with van der Waals surface area (Å²) in [7, 11) is 0. The molecular weight excluding hydrogens is 426 g/mol. The van der Waals surface area contributed by atoms with Gasteiger partial charge >= 0.3 is 0 Å². The van der Waals surface area contributed by atoms with Crippen LogP contribution < -0.4 is 10.5 Å². The van der Waals surface area contributed by atoms with Crippen molar-refractivity contribution in [1.82, 2.24) is 14.7 Å². The van der Waals surface area contributed by atoms with E-state index in [0.717, 1.165) is 29.9 Å². The predicted octanol–water partition coefficient (Wildman–Crippen LogP) is 5.34. The minimum atomic E-state index is -0.0740. The van der Waals surface area contributed by atoms with Crippen LogP contribution in [0.1, 0.15) is 31.4 Å². The van der Waals surface area contributed by atoms with Gasteiger partial charge in [0.15, 0.2) is 5.82 Å².